The Morgan fingerprint density at radius 2 is 2.29 bits per heavy atom. The lowest BCUT2D eigenvalue weighted by molar-refractivity contribution is -0.130. The molecule has 0 aromatic rings. The summed E-state index contributed by atoms with van der Waals surface area (Å²) in [4.78, 5) is 13.9. The summed E-state index contributed by atoms with van der Waals surface area (Å²) < 4.78 is 0. The molecular weight excluding hydrogens is 212 g/mol. The van der Waals surface area contributed by atoms with E-state index in [9.17, 15) is 4.79 Å². The Morgan fingerprint density at radius 1 is 1.53 bits per heavy atom. The minimum atomic E-state index is 0.279. The van der Waals surface area contributed by atoms with Gasteiger partial charge in [-0.15, -0.1) is 0 Å². The molecule has 0 radical (unpaired) electrons. The lowest BCUT2D eigenvalue weighted by Gasteiger charge is -2.25. The molecule has 1 aliphatic rings. The van der Waals surface area contributed by atoms with Gasteiger partial charge in [0.15, 0.2) is 0 Å². The van der Waals surface area contributed by atoms with Crippen LogP contribution in [0, 0.1) is 5.92 Å². The van der Waals surface area contributed by atoms with Crippen LogP contribution in [-0.2, 0) is 4.79 Å². The Morgan fingerprint density at radius 3 is 2.82 bits per heavy atom. The molecule has 1 saturated heterocycles. The van der Waals surface area contributed by atoms with Gasteiger partial charge in [-0.3, -0.25) is 4.79 Å². The van der Waals surface area contributed by atoms with Crippen LogP contribution < -0.4 is 5.32 Å². The fourth-order valence-corrected chi connectivity index (χ4v) is 2.36. The van der Waals surface area contributed by atoms with Crippen LogP contribution in [0.15, 0.2) is 12.2 Å². The average molecular weight is 238 g/mol. The highest BCUT2D eigenvalue weighted by Gasteiger charge is 2.17. The van der Waals surface area contributed by atoms with Crippen molar-refractivity contribution in [3.8, 4) is 0 Å². The summed E-state index contributed by atoms with van der Waals surface area (Å²) in [6.07, 6.45) is 4.24. The summed E-state index contributed by atoms with van der Waals surface area (Å²) in [6.45, 7) is 11.6. The molecule has 1 N–H and O–H groups in total. The number of nitrogens with zero attached hydrogens (tertiary/aromatic N) is 1. The van der Waals surface area contributed by atoms with Gasteiger partial charge in [-0.1, -0.05) is 12.2 Å². The van der Waals surface area contributed by atoms with E-state index in [2.05, 4.69) is 11.9 Å². The second-order valence-corrected chi connectivity index (χ2v) is 5.12. The molecule has 1 fully saturated rings. The van der Waals surface area contributed by atoms with Crippen molar-refractivity contribution in [1.29, 1.82) is 0 Å². The van der Waals surface area contributed by atoms with Crippen LogP contribution >= 0.6 is 0 Å². The summed E-state index contributed by atoms with van der Waals surface area (Å²) in [5, 5.41) is 3.39. The van der Waals surface area contributed by atoms with E-state index >= 15 is 0 Å². The number of carbonyl (C=O) groups excluding carboxylic acids is 1. The molecular formula is C14H26N2O. The summed E-state index contributed by atoms with van der Waals surface area (Å²) in [5.41, 5.74) is 1.06. The summed E-state index contributed by atoms with van der Waals surface area (Å²) in [7, 11) is 0. The molecule has 0 spiro atoms. The highest BCUT2D eigenvalue weighted by atomic mass is 16.2. The molecule has 17 heavy (non-hydrogen) atoms. The molecule has 0 aromatic heterocycles. The topological polar surface area (TPSA) is 32.3 Å². The number of rotatable bonds is 6. The molecule has 1 rings (SSSR count). The first-order valence-corrected chi connectivity index (χ1v) is 6.76. The number of carbonyl (C=O) groups is 1. The van der Waals surface area contributed by atoms with Gasteiger partial charge >= 0.3 is 0 Å². The highest BCUT2D eigenvalue weighted by molar-refractivity contribution is 5.76. The summed E-state index contributed by atoms with van der Waals surface area (Å²) >= 11 is 0. The van der Waals surface area contributed by atoms with Gasteiger partial charge in [-0.25, -0.2) is 0 Å². The first-order valence-electron chi connectivity index (χ1n) is 6.76. The van der Waals surface area contributed by atoms with Crippen molar-refractivity contribution in [3.05, 3.63) is 12.2 Å². The Balaban J connectivity index is 2.28. The molecule has 1 atom stereocenters. The van der Waals surface area contributed by atoms with Crippen LogP contribution in [0.4, 0.5) is 0 Å². The molecule has 1 aliphatic heterocycles. The van der Waals surface area contributed by atoms with Gasteiger partial charge in [0.2, 0.25) is 5.91 Å². The maximum Gasteiger partial charge on any atom is 0.222 e. The molecule has 98 valence electrons. The highest BCUT2D eigenvalue weighted by Crippen LogP contribution is 2.16. The number of nitrogens with one attached hydrogen (secondary N) is 1. The van der Waals surface area contributed by atoms with Gasteiger partial charge in [0, 0.05) is 19.5 Å². The SMILES string of the molecule is C=C(C)CN(CC)C(=O)CCC1CCCNC1. The number of hydrogen-bond donors (Lipinski definition) is 1. The zero-order valence-corrected chi connectivity index (χ0v) is 11.3. The fourth-order valence-electron chi connectivity index (χ4n) is 2.36. The normalized spacial score (nSPS) is 20.0. The molecule has 0 saturated carbocycles. The third kappa shape index (κ3) is 5.35. The number of likely N-dealkylation sites (N-methyl/N-ethyl adjacent to an activating group) is 1. The second kappa shape index (κ2) is 7.49. The van der Waals surface area contributed by atoms with Crippen molar-refractivity contribution >= 4 is 5.91 Å². The first-order chi connectivity index (χ1) is 8.13. The molecule has 3 heteroatoms. The zero-order valence-electron chi connectivity index (χ0n) is 11.3. The predicted octanol–water partition coefficient (Wildman–Crippen LogP) is 2.19. The third-order valence-electron chi connectivity index (χ3n) is 3.36. The van der Waals surface area contributed by atoms with Crippen molar-refractivity contribution in [2.24, 2.45) is 5.92 Å². The van der Waals surface area contributed by atoms with Crippen molar-refractivity contribution in [1.82, 2.24) is 10.2 Å². The van der Waals surface area contributed by atoms with E-state index in [1.807, 2.05) is 18.7 Å². The second-order valence-electron chi connectivity index (χ2n) is 5.12. The van der Waals surface area contributed by atoms with E-state index in [0.29, 0.717) is 18.9 Å². The summed E-state index contributed by atoms with van der Waals surface area (Å²) in [6, 6.07) is 0. The van der Waals surface area contributed by atoms with Crippen LogP contribution in [0.2, 0.25) is 0 Å². The van der Waals surface area contributed by atoms with E-state index in [-0.39, 0.29) is 5.91 Å². The van der Waals surface area contributed by atoms with E-state index < -0.39 is 0 Å². The predicted molar refractivity (Wildman–Crippen MR) is 71.9 cm³/mol. The van der Waals surface area contributed by atoms with Crippen LogP contribution in [0.5, 0.6) is 0 Å². The fraction of sp³-hybridized carbons (Fsp3) is 0.786. The molecule has 3 nitrogen and oxygen atoms in total. The van der Waals surface area contributed by atoms with Gasteiger partial charge in [0.25, 0.3) is 0 Å². The van der Waals surface area contributed by atoms with Crippen LogP contribution in [0.3, 0.4) is 0 Å². The quantitative estimate of drug-likeness (QED) is 0.719. The van der Waals surface area contributed by atoms with Crippen LogP contribution in [0.1, 0.15) is 39.5 Å². The molecule has 0 bridgehead atoms. The molecule has 1 unspecified atom stereocenters. The Bertz CT molecular complexity index is 257. The van der Waals surface area contributed by atoms with Crippen LogP contribution in [0.25, 0.3) is 0 Å². The summed E-state index contributed by atoms with van der Waals surface area (Å²) in [5.74, 6) is 0.970. The van der Waals surface area contributed by atoms with E-state index in [1.165, 1.54) is 12.8 Å². The minimum Gasteiger partial charge on any atom is -0.339 e. The minimum absolute atomic E-state index is 0.279. The van der Waals surface area contributed by atoms with Gasteiger partial charge in [-0.05, 0) is 52.1 Å². The average Bonchev–Trinajstić information content (AvgIpc) is 2.34. The monoisotopic (exact) mass is 238 g/mol. The van der Waals surface area contributed by atoms with Crippen molar-refractivity contribution in [2.75, 3.05) is 26.2 Å². The van der Waals surface area contributed by atoms with E-state index in [0.717, 1.165) is 31.6 Å². The lowest BCUT2D eigenvalue weighted by atomic mass is 9.94. The Kier molecular flexibility index (Phi) is 6.27. The largest absolute Gasteiger partial charge is 0.339 e. The lowest BCUT2D eigenvalue weighted by Crippen LogP contribution is -2.34. The number of hydrogen-bond acceptors (Lipinski definition) is 2. The van der Waals surface area contributed by atoms with Gasteiger partial charge in [0.1, 0.15) is 0 Å². The van der Waals surface area contributed by atoms with Gasteiger partial charge < -0.3 is 10.2 Å². The maximum atomic E-state index is 12.0. The first kappa shape index (κ1) is 14.2. The standard InChI is InChI=1S/C14H26N2O/c1-4-16(11-12(2)3)14(17)8-7-13-6-5-9-15-10-13/h13,15H,2,4-11H2,1,3H3. The maximum absolute atomic E-state index is 12.0. The van der Waals surface area contributed by atoms with E-state index in [4.69, 9.17) is 0 Å². The van der Waals surface area contributed by atoms with Gasteiger partial charge in [-0.2, -0.15) is 0 Å². The van der Waals surface area contributed by atoms with Crippen molar-refractivity contribution in [3.63, 3.8) is 0 Å². The number of piperidine rings is 1. The third-order valence-corrected chi connectivity index (χ3v) is 3.36. The smallest absolute Gasteiger partial charge is 0.222 e. The molecule has 0 aromatic carbocycles. The van der Waals surface area contributed by atoms with Gasteiger partial charge in [0.05, 0.1) is 0 Å². The molecule has 1 heterocycles. The zero-order chi connectivity index (χ0) is 12.7. The molecule has 1 amide bonds. The Hall–Kier alpha value is -0.830. The number of amides is 1. The van der Waals surface area contributed by atoms with Crippen LogP contribution in [-0.4, -0.2) is 37.0 Å². The molecule has 0 aliphatic carbocycles. The van der Waals surface area contributed by atoms with E-state index in [1.54, 1.807) is 0 Å². The van der Waals surface area contributed by atoms with Crippen molar-refractivity contribution < 1.29 is 4.79 Å². The van der Waals surface area contributed by atoms with Crippen molar-refractivity contribution in [2.45, 2.75) is 39.5 Å². The Labute approximate surface area is 105 Å².